The Balaban J connectivity index is 1.60. The third-order valence-electron chi connectivity index (χ3n) is 6.82. The number of piperidine rings is 1. The number of aromatic nitrogens is 1. The van der Waals surface area contributed by atoms with Crippen molar-refractivity contribution in [3.63, 3.8) is 0 Å². The number of hydrogen-bond acceptors (Lipinski definition) is 3. The number of carbonyl (C=O) groups excluding carboxylic acids is 1. The lowest BCUT2D eigenvalue weighted by Gasteiger charge is -2.31. The van der Waals surface area contributed by atoms with Crippen molar-refractivity contribution in [2.24, 2.45) is 13.0 Å². The lowest BCUT2D eigenvalue weighted by atomic mass is 9.93. The van der Waals surface area contributed by atoms with Crippen LogP contribution in [-0.4, -0.2) is 46.6 Å². The fraction of sp³-hybridized carbons (Fsp3) is 0.385. The van der Waals surface area contributed by atoms with E-state index in [0.29, 0.717) is 53.5 Å². The molecule has 0 atom stereocenters. The number of aliphatic carboxylic acids is 1. The smallest absolute Gasteiger partial charge is 0.303 e. The summed E-state index contributed by atoms with van der Waals surface area (Å²) in [5.74, 6) is -0.0358. The molecule has 34 heavy (non-hydrogen) atoms. The average Bonchev–Trinajstić information content (AvgIpc) is 3.12. The summed E-state index contributed by atoms with van der Waals surface area (Å²) in [7, 11) is 3.65. The predicted octanol–water partition coefficient (Wildman–Crippen LogP) is 5.72. The van der Waals surface area contributed by atoms with Gasteiger partial charge in [0.15, 0.2) is 0 Å². The predicted molar refractivity (Wildman–Crippen MR) is 134 cm³/mol. The van der Waals surface area contributed by atoms with E-state index >= 15 is 0 Å². The van der Waals surface area contributed by atoms with E-state index in [4.69, 9.17) is 33.0 Å². The van der Waals surface area contributed by atoms with E-state index in [2.05, 4.69) is 10.6 Å². The lowest BCUT2D eigenvalue weighted by Crippen LogP contribution is -2.39. The van der Waals surface area contributed by atoms with Crippen LogP contribution < -0.4 is 4.74 Å². The molecule has 3 aromatic rings. The molecule has 1 aliphatic heterocycles. The molecule has 0 spiro atoms. The first kappa shape index (κ1) is 24.4. The lowest BCUT2D eigenvalue weighted by molar-refractivity contribution is -0.138. The van der Waals surface area contributed by atoms with Gasteiger partial charge < -0.3 is 19.3 Å². The molecular formula is C26H28Cl2N2O4. The van der Waals surface area contributed by atoms with Crippen molar-refractivity contribution < 1.29 is 19.4 Å². The molecule has 0 bridgehead atoms. The number of amides is 1. The number of rotatable bonds is 6. The Labute approximate surface area is 209 Å². The van der Waals surface area contributed by atoms with Crippen LogP contribution in [0.4, 0.5) is 0 Å². The highest BCUT2D eigenvalue weighted by Crippen LogP contribution is 2.34. The molecule has 0 saturated carbocycles. The molecule has 8 heteroatoms. The van der Waals surface area contributed by atoms with Crippen LogP contribution in [0.25, 0.3) is 10.9 Å². The van der Waals surface area contributed by atoms with E-state index in [0.717, 1.165) is 27.9 Å². The highest BCUT2D eigenvalue weighted by Gasteiger charge is 2.27. The Morgan fingerprint density at radius 2 is 1.85 bits per heavy atom. The molecule has 0 radical (unpaired) electrons. The number of hydrogen-bond donors (Lipinski definition) is 1. The number of benzene rings is 2. The van der Waals surface area contributed by atoms with E-state index in [1.807, 2.05) is 26.1 Å². The molecule has 2 aromatic carbocycles. The molecule has 6 nitrogen and oxygen atoms in total. The fourth-order valence-electron chi connectivity index (χ4n) is 4.78. The van der Waals surface area contributed by atoms with Crippen LogP contribution >= 0.6 is 23.2 Å². The third kappa shape index (κ3) is 4.75. The van der Waals surface area contributed by atoms with Crippen LogP contribution in [0.3, 0.4) is 0 Å². The molecule has 1 fully saturated rings. The standard InChI is InChI=1S/C26H28Cl2N2O4/c1-15-10-18(34-3)14-23-20(15)12-17(29(23)2)13-21-22(27)5-4-19(25(21)28)26(33)30-8-6-16(7-9-30)11-24(31)32/h4-5,10,12,14,16H,6-9,11,13H2,1-3H3,(H,31,32). The summed E-state index contributed by atoms with van der Waals surface area (Å²) in [6.07, 6.45) is 1.97. The van der Waals surface area contributed by atoms with Crippen molar-refractivity contribution >= 4 is 46.0 Å². The monoisotopic (exact) mass is 502 g/mol. The summed E-state index contributed by atoms with van der Waals surface area (Å²) in [5.41, 5.74) is 4.33. The number of fused-ring (bicyclic) bond motifs is 1. The number of ether oxygens (including phenoxy) is 1. The quantitative estimate of drug-likeness (QED) is 0.467. The van der Waals surface area contributed by atoms with Crippen LogP contribution in [-0.2, 0) is 18.3 Å². The van der Waals surface area contributed by atoms with Gasteiger partial charge >= 0.3 is 5.97 Å². The molecule has 180 valence electrons. The SMILES string of the molecule is COc1cc(C)c2cc(Cc3c(Cl)ccc(C(=O)N4CCC(CC(=O)O)CC4)c3Cl)n(C)c2c1. The number of carboxylic acid groups (broad SMARTS) is 1. The highest BCUT2D eigenvalue weighted by molar-refractivity contribution is 6.38. The average molecular weight is 503 g/mol. The zero-order valence-electron chi connectivity index (χ0n) is 19.5. The van der Waals surface area contributed by atoms with Gasteiger partial charge in [0.1, 0.15) is 5.75 Å². The minimum absolute atomic E-state index is 0.103. The molecule has 4 rings (SSSR count). The zero-order chi connectivity index (χ0) is 24.6. The Morgan fingerprint density at radius 3 is 2.50 bits per heavy atom. The topological polar surface area (TPSA) is 71.8 Å². The van der Waals surface area contributed by atoms with E-state index in [1.165, 1.54) is 0 Å². The molecule has 2 heterocycles. The Bertz CT molecular complexity index is 1260. The number of aryl methyl sites for hydroxylation is 2. The van der Waals surface area contributed by atoms with Crippen LogP contribution in [0.15, 0.2) is 30.3 Å². The van der Waals surface area contributed by atoms with E-state index in [9.17, 15) is 9.59 Å². The van der Waals surface area contributed by atoms with Crippen LogP contribution in [0.2, 0.25) is 10.0 Å². The number of carboxylic acids is 1. The Morgan fingerprint density at radius 1 is 1.15 bits per heavy atom. The maximum atomic E-state index is 13.3. The molecule has 1 aromatic heterocycles. The second kappa shape index (κ2) is 9.88. The van der Waals surface area contributed by atoms with Crippen molar-refractivity contribution in [2.75, 3.05) is 20.2 Å². The van der Waals surface area contributed by atoms with Gasteiger partial charge in [0.2, 0.25) is 0 Å². The highest BCUT2D eigenvalue weighted by atomic mass is 35.5. The van der Waals surface area contributed by atoms with Gasteiger partial charge in [-0.15, -0.1) is 0 Å². The number of carbonyl (C=O) groups is 2. The van der Waals surface area contributed by atoms with Gasteiger partial charge in [0, 0.05) is 55.1 Å². The zero-order valence-corrected chi connectivity index (χ0v) is 21.0. The first-order valence-corrected chi connectivity index (χ1v) is 12.1. The largest absolute Gasteiger partial charge is 0.497 e. The molecule has 1 saturated heterocycles. The summed E-state index contributed by atoms with van der Waals surface area (Å²) < 4.78 is 7.52. The van der Waals surface area contributed by atoms with Gasteiger partial charge in [-0.1, -0.05) is 23.2 Å². The Hall–Kier alpha value is -2.70. The molecule has 1 N–H and O–H groups in total. The van der Waals surface area contributed by atoms with Crippen LogP contribution in [0, 0.1) is 12.8 Å². The summed E-state index contributed by atoms with van der Waals surface area (Å²) in [6.45, 7) is 3.10. The first-order chi connectivity index (χ1) is 16.2. The number of methoxy groups -OCH3 is 1. The summed E-state index contributed by atoms with van der Waals surface area (Å²) in [5, 5.41) is 11.0. The first-order valence-electron chi connectivity index (χ1n) is 11.3. The van der Waals surface area contributed by atoms with Crippen LogP contribution in [0.1, 0.15) is 46.4 Å². The minimum Gasteiger partial charge on any atom is -0.497 e. The third-order valence-corrected chi connectivity index (χ3v) is 7.60. The molecule has 1 aliphatic rings. The number of halogens is 2. The van der Waals surface area contributed by atoms with Crippen molar-refractivity contribution in [3.8, 4) is 5.75 Å². The van der Waals surface area contributed by atoms with Crippen molar-refractivity contribution in [1.29, 1.82) is 0 Å². The van der Waals surface area contributed by atoms with Crippen molar-refractivity contribution in [3.05, 3.63) is 62.8 Å². The summed E-state index contributed by atoms with van der Waals surface area (Å²) >= 11 is 13.3. The maximum absolute atomic E-state index is 13.3. The number of likely N-dealkylation sites (tertiary alicyclic amines) is 1. The molecular weight excluding hydrogens is 475 g/mol. The molecule has 0 aliphatic carbocycles. The van der Waals surface area contributed by atoms with Gasteiger partial charge in [-0.25, -0.2) is 0 Å². The van der Waals surface area contributed by atoms with Gasteiger partial charge in [-0.3, -0.25) is 9.59 Å². The number of nitrogens with zero attached hydrogens (tertiary/aromatic N) is 2. The van der Waals surface area contributed by atoms with E-state index in [-0.39, 0.29) is 18.2 Å². The van der Waals surface area contributed by atoms with Crippen molar-refractivity contribution in [1.82, 2.24) is 9.47 Å². The second-order valence-electron chi connectivity index (χ2n) is 8.97. The van der Waals surface area contributed by atoms with Gasteiger partial charge in [-0.05, 0) is 61.1 Å². The molecule has 0 unspecified atom stereocenters. The van der Waals surface area contributed by atoms with E-state index in [1.54, 1.807) is 24.1 Å². The normalized spacial score (nSPS) is 14.6. The second-order valence-corrected chi connectivity index (χ2v) is 9.75. The maximum Gasteiger partial charge on any atom is 0.303 e. The van der Waals surface area contributed by atoms with Gasteiger partial charge in [0.05, 0.1) is 23.2 Å². The van der Waals surface area contributed by atoms with Gasteiger partial charge in [0.25, 0.3) is 5.91 Å². The summed E-state index contributed by atoms with van der Waals surface area (Å²) in [6, 6.07) is 9.53. The van der Waals surface area contributed by atoms with E-state index < -0.39 is 5.97 Å². The molecule has 1 amide bonds. The van der Waals surface area contributed by atoms with Crippen molar-refractivity contribution in [2.45, 2.75) is 32.6 Å². The minimum atomic E-state index is -0.794. The fourth-order valence-corrected chi connectivity index (χ4v) is 5.37. The Kier molecular flexibility index (Phi) is 7.10. The van der Waals surface area contributed by atoms with Gasteiger partial charge in [-0.2, -0.15) is 0 Å². The summed E-state index contributed by atoms with van der Waals surface area (Å²) in [4.78, 5) is 26.0. The van der Waals surface area contributed by atoms with Crippen LogP contribution in [0.5, 0.6) is 5.75 Å².